The lowest BCUT2D eigenvalue weighted by Gasteiger charge is -2.47. The smallest absolute Gasteiger partial charge is 0.132 e. The van der Waals surface area contributed by atoms with E-state index in [9.17, 15) is 0 Å². The van der Waals surface area contributed by atoms with Crippen molar-refractivity contribution in [2.24, 2.45) is 0 Å². The maximum Gasteiger partial charge on any atom is 0.132 e. The summed E-state index contributed by atoms with van der Waals surface area (Å²) in [6.07, 6.45) is 3.86. The summed E-state index contributed by atoms with van der Waals surface area (Å²) in [6, 6.07) is 8.73. The zero-order chi connectivity index (χ0) is 20.1. The second-order valence-corrected chi connectivity index (χ2v) is 8.80. The first kappa shape index (κ1) is 18.1. The van der Waals surface area contributed by atoms with Gasteiger partial charge in [-0.1, -0.05) is 0 Å². The molecule has 1 N–H and O–H groups in total. The molecule has 1 saturated carbocycles. The summed E-state index contributed by atoms with van der Waals surface area (Å²) in [6.45, 7) is 7.87. The maximum atomic E-state index is 6.14. The third-order valence-corrected chi connectivity index (χ3v) is 6.50. The molecule has 0 amide bonds. The van der Waals surface area contributed by atoms with Gasteiger partial charge in [-0.2, -0.15) is 5.10 Å². The molecular formula is C22H26N6O2. The number of morpholine rings is 1. The molecule has 0 radical (unpaired) electrons. The SMILES string of the molecule is CC1(Oc2ccc3[nH]nc(-c4cc(N5CC(N6CCOCC6)C5)ncn4)c3c2)CC1. The van der Waals surface area contributed by atoms with Crippen LogP contribution in [0.4, 0.5) is 5.82 Å². The molecule has 8 heteroatoms. The number of anilines is 1. The Labute approximate surface area is 175 Å². The highest BCUT2D eigenvalue weighted by molar-refractivity contribution is 5.93. The van der Waals surface area contributed by atoms with Gasteiger partial charge in [-0.25, -0.2) is 9.97 Å². The monoisotopic (exact) mass is 406 g/mol. The number of benzene rings is 1. The Morgan fingerprint density at radius 3 is 2.77 bits per heavy atom. The zero-order valence-electron chi connectivity index (χ0n) is 17.2. The quantitative estimate of drug-likeness (QED) is 0.697. The first-order valence-corrected chi connectivity index (χ1v) is 10.7. The predicted octanol–water partition coefficient (Wildman–Crippen LogP) is 2.47. The van der Waals surface area contributed by atoms with E-state index in [1.165, 1.54) is 0 Å². The van der Waals surface area contributed by atoms with Gasteiger partial charge in [0.05, 0.1) is 24.4 Å². The lowest BCUT2D eigenvalue weighted by molar-refractivity contribution is 0.0104. The Morgan fingerprint density at radius 1 is 1.13 bits per heavy atom. The molecule has 3 aromatic rings. The summed E-state index contributed by atoms with van der Waals surface area (Å²) >= 11 is 0. The Morgan fingerprint density at radius 2 is 1.97 bits per heavy atom. The largest absolute Gasteiger partial charge is 0.488 e. The Hall–Kier alpha value is -2.71. The minimum absolute atomic E-state index is 0.00577. The van der Waals surface area contributed by atoms with Crippen molar-refractivity contribution in [3.63, 3.8) is 0 Å². The molecule has 0 unspecified atom stereocenters. The highest BCUT2D eigenvalue weighted by Gasteiger charge is 2.40. The number of ether oxygens (including phenoxy) is 2. The molecule has 1 aromatic carbocycles. The molecule has 8 nitrogen and oxygen atoms in total. The molecule has 6 rings (SSSR count). The molecule has 1 aliphatic carbocycles. The Bertz CT molecular complexity index is 1070. The summed E-state index contributed by atoms with van der Waals surface area (Å²) in [5.41, 5.74) is 2.64. The number of aromatic nitrogens is 4. The molecule has 4 heterocycles. The average molecular weight is 406 g/mol. The van der Waals surface area contributed by atoms with E-state index in [0.717, 1.165) is 86.1 Å². The molecule has 0 bridgehead atoms. The fraction of sp³-hybridized carbons (Fsp3) is 0.500. The molecule has 3 fully saturated rings. The van der Waals surface area contributed by atoms with E-state index in [-0.39, 0.29) is 5.60 Å². The normalized spacial score (nSPS) is 21.6. The van der Waals surface area contributed by atoms with Crippen LogP contribution in [-0.2, 0) is 4.74 Å². The van der Waals surface area contributed by atoms with Crippen LogP contribution < -0.4 is 9.64 Å². The summed E-state index contributed by atoms with van der Waals surface area (Å²) < 4.78 is 11.6. The predicted molar refractivity (Wildman–Crippen MR) is 114 cm³/mol. The summed E-state index contributed by atoms with van der Waals surface area (Å²) in [5.74, 6) is 1.84. The van der Waals surface area contributed by atoms with Gasteiger partial charge in [-0.3, -0.25) is 10.00 Å². The van der Waals surface area contributed by atoms with E-state index >= 15 is 0 Å². The van der Waals surface area contributed by atoms with E-state index in [2.05, 4.69) is 43.0 Å². The Balaban J connectivity index is 1.23. The van der Waals surface area contributed by atoms with Crippen molar-refractivity contribution in [1.29, 1.82) is 0 Å². The van der Waals surface area contributed by atoms with Crippen LogP contribution in [0, 0.1) is 0 Å². The molecule has 3 aliphatic rings. The van der Waals surface area contributed by atoms with Crippen molar-refractivity contribution in [3.05, 3.63) is 30.6 Å². The Kier molecular flexibility index (Phi) is 4.17. The highest BCUT2D eigenvalue weighted by atomic mass is 16.5. The minimum atomic E-state index is -0.00577. The molecule has 0 spiro atoms. The molecular weight excluding hydrogens is 380 g/mol. The summed E-state index contributed by atoms with van der Waals surface area (Å²) in [7, 11) is 0. The van der Waals surface area contributed by atoms with Gasteiger partial charge in [0, 0.05) is 43.7 Å². The first-order valence-electron chi connectivity index (χ1n) is 10.7. The van der Waals surface area contributed by atoms with Gasteiger partial charge in [0.1, 0.15) is 29.2 Å². The molecule has 2 saturated heterocycles. The summed E-state index contributed by atoms with van der Waals surface area (Å²) in [4.78, 5) is 13.9. The number of hydrogen-bond donors (Lipinski definition) is 1. The van der Waals surface area contributed by atoms with E-state index in [4.69, 9.17) is 9.47 Å². The first-order chi connectivity index (χ1) is 14.7. The highest BCUT2D eigenvalue weighted by Crippen LogP contribution is 2.40. The van der Waals surface area contributed by atoms with Crippen LogP contribution in [0.3, 0.4) is 0 Å². The van der Waals surface area contributed by atoms with Gasteiger partial charge in [-0.15, -0.1) is 0 Å². The fourth-order valence-corrected chi connectivity index (χ4v) is 4.28. The maximum absolute atomic E-state index is 6.14. The molecule has 156 valence electrons. The molecule has 2 aliphatic heterocycles. The number of hydrogen-bond acceptors (Lipinski definition) is 7. The van der Waals surface area contributed by atoms with Gasteiger partial charge in [0.25, 0.3) is 0 Å². The van der Waals surface area contributed by atoms with Gasteiger partial charge in [-0.05, 0) is 38.0 Å². The van der Waals surface area contributed by atoms with Crippen molar-refractivity contribution in [2.75, 3.05) is 44.3 Å². The standard InChI is InChI=1S/C22H26N6O2/c1-22(4-5-22)30-16-2-3-18-17(10-16)21(26-25-18)19-11-20(24-14-23-19)28-12-15(13-28)27-6-8-29-9-7-27/h2-3,10-11,14-15H,4-9,12-13H2,1H3,(H,25,26). The van der Waals surface area contributed by atoms with E-state index in [1.54, 1.807) is 6.33 Å². The van der Waals surface area contributed by atoms with Gasteiger partial charge in [0.15, 0.2) is 0 Å². The van der Waals surface area contributed by atoms with Crippen molar-refractivity contribution >= 4 is 16.7 Å². The second kappa shape index (κ2) is 6.92. The van der Waals surface area contributed by atoms with Crippen LogP contribution in [0.1, 0.15) is 19.8 Å². The molecule has 30 heavy (non-hydrogen) atoms. The minimum Gasteiger partial charge on any atom is -0.488 e. The van der Waals surface area contributed by atoms with Crippen molar-refractivity contribution in [1.82, 2.24) is 25.1 Å². The number of rotatable bonds is 5. The number of fused-ring (bicyclic) bond motifs is 1. The lowest BCUT2D eigenvalue weighted by Crippen LogP contribution is -2.61. The number of nitrogens with one attached hydrogen (secondary N) is 1. The van der Waals surface area contributed by atoms with Crippen molar-refractivity contribution in [2.45, 2.75) is 31.4 Å². The number of H-pyrrole nitrogens is 1. The number of aromatic amines is 1. The van der Waals surface area contributed by atoms with Crippen molar-refractivity contribution < 1.29 is 9.47 Å². The van der Waals surface area contributed by atoms with E-state index in [1.807, 2.05) is 18.2 Å². The fourth-order valence-electron chi connectivity index (χ4n) is 4.28. The van der Waals surface area contributed by atoms with Crippen LogP contribution in [0.5, 0.6) is 5.75 Å². The van der Waals surface area contributed by atoms with Gasteiger partial charge in [0.2, 0.25) is 0 Å². The third-order valence-electron chi connectivity index (χ3n) is 6.50. The average Bonchev–Trinajstić information content (AvgIpc) is 3.31. The van der Waals surface area contributed by atoms with Gasteiger partial charge >= 0.3 is 0 Å². The van der Waals surface area contributed by atoms with Crippen molar-refractivity contribution in [3.8, 4) is 17.1 Å². The molecule has 2 aromatic heterocycles. The van der Waals surface area contributed by atoms with Crippen LogP contribution in [-0.4, -0.2) is 76.1 Å². The van der Waals surface area contributed by atoms with Crippen LogP contribution in [0.15, 0.2) is 30.6 Å². The van der Waals surface area contributed by atoms with E-state index in [0.29, 0.717) is 6.04 Å². The molecule has 0 atom stereocenters. The topological polar surface area (TPSA) is 79.4 Å². The van der Waals surface area contributed by atoms with Gasteiger partial charge < -0.3 is 14.4 Å². The van der Waals surface area contributed by atoms with Crippen LogP contribution in [0.2, 0.25) is 0 Å². The van der Waals surface area contributed by atoms with Crippen LogP contribution >= 0.6 is 0 Å². The lowest BCUT2D eigenvalue weighted by atomic mass is 10.1. The second-order valence-electron chi connectivity index (χ2n) is 8.80. The summed E-state index contributed by atoms with van der Waals surface area (Å²) in [5, 5.41) is 8.69. The zero-order valence-corrected chi connectivity index (χ0v) is 17.2. The number of nitrogens with zero attached hydrogens (tertiary/aromatic N) is 5. The van der Waals surface area contributed by atoms with Crippen LogP contribution in [0.25, 0.3) is 22.3 Å². The third kappa shape index (κ3) is 3.30. The van der Waals surface area contributed by atoms with E-state index < -0.39 is 0 Å².